The van der Waals surface area contributed by atoms with Crippen LogP contribution in [0.3, 0.4) is 0 Å². The summed E-state index contributed by atoms with van der Waals surface area (Å²) in [7, 11) is -1.36. The number of hydrogen-bond acceptors (Lipinski definition) is 2. The first-order valence-electron chi connectivity index (χ1n) is 11.6. The molecule has 1 aliphatic heterocycles. The molecule has 1 aromatic rings. The van der Waals surface area contributed by atoms with Gasteiger partial charge in [0.2, 0.25) is 0 Å². The van der Waals surface area contributed by atoms with E-state index in [9.17, 15) is 0 Å². The minimum absolute atomic E-state index is 0.120. The number of hydrogen-bond donors (Lipinski definition) is 0. The van der Waals surface area contributed by atoms with Gasteiger partial charge in [-0.05, 0) is 47.0 Å². The van der Waals surface area contributed by atoms with Crippen LogP contribution in [0.2, 0.25) is 0 Å². The normalized spacial score (nSPS) is 37.0. The van der Waals surface area contributed by atoms with Crippen LogP contribution in [0.15, 0.2) is 18.4 Å². The zero-order valence-corrected chi connectivity index (χ0v) is 10.8. The summed E-state index contributed by atoms with van der Waals surface area (Å²) in [4.78, 5) is 0. The molecule has 0 saturated carbocycles. The van der Waals surface area contributed by atoms with Crippen molar-refractivity contribution in [1.29, 1.82) is 0 Å². The monoisotopic (exact) mass is 261 g/mol. The molecule has 0 bridgehead atoms. The molecule has 0 spiro atoms. The van der Waals surface area contributed by atoms with E-state index in [1.165, 1.54) is 0 Å². The molecule has 1 saturated heterocycles. The first kappa shape index (κ1) is 4.99. The molecule has 0 amide bonds. The Kier molecular flexibility index (Phi) is 1.23. The van der Waals surface area contributed by atoms with Crippen molar-refractivity contribution in [2.45, 2.75) is 65.0 Å². The van der Waals surface area contributed by atoms with Crippen LogP contribution >= 0.6 is 0 Å². The zero-order chi connectivity index (χ0) is 23.9. The highest BCUT2D eigenvalue weighted by molar-refractivity contribution is 6.62. The summed E-state index contributed by atoms with van der Waals surface area (Å²) in [5.41, 5.74) is -2.16. The van der Waals surface area contributed by atoms with Gasteiger partial charge < -0.3 is 13.9 Å². The van der Waals surface area contributed by atoms with Crippen LogP contribution in [0.1, 0.15) is 70.2 Å². The summed E-state index contributed by atoms with van der Waals surface area (Å²) in [5.74, 6) is 0. The van der Waals surface area contributed by atoms with E-state index in [2.05, 4.69) is 0 Å². The van der Waals surface area contributed by atoms with Crippen molar-refractivity contribution in [1.82, 2.24) is 4.57 Å². The van der Waals surface area contributed by atoms with E-state index in [-0.39, 0.29) is 10.0 Å². The van der Waals surface area contributed by atoms with Crippen LogP contribution in [0.4, 0.5) is 0 Å². The second-order valence-electron chi connectivity index (χ2n) is 5.16. The Hall–Kier alpha value is -0.735. The second-order valence-corrected chi connectivity index (χ2v) is 5.16. The highest BCUT2D eigenvalue weighted by Gasteiger charge is 2.51. The summed E-state index contributed by atoms with van der Waals surface area (Å²) in [6, 6.07) is -4.31. The van der Waals surface area contributed by atoms with Gasteiger partial charge in [0, 0.05) is 34.8 Å². The van der Waals surface area contributed by atoms with E-state index in [4.69, 9.17) is 25.8 Å². The third-order valence-corrected chi connectivity index (χ3v) is 3.37. The third kappa shape index (κ3) is 2.24. The van der Waals surface area contributed by atoms with E-state index >= 15 is 0 Å². The summed E-state index contributed by atoms with van der Waals surface area (Å²) in [6.45, 7) is -0.382. The molecule has 18 heavy (non-hydrogen) atoms. The molecular formula is C14H24BNO2. The van der Waals surface area contributed by atoms with Gasteiger partial charge in [-0.25, -0.2) is 0 Å². The van der Waals surface area contributed by atoms with E-state index in [1.54, 1.807) is 27.7 Å². The van der Waals surface area contributed by atoms with Crippen LogP contribution in [0.5, 0.6) is 0 Å². The Balaban J connectivity index is 2.82. The quantitative estimate of drug-likeness (QED) is 0.781. The van der Waals surface area contributed by atoms with Crippen LogP contribution < -0.4 is 5.46 Å². The standard InChI is InChI=1S/C14H24BNO2/c1-7-11(2)16-9-8-12(10-16)15-17-13(3,4)14(5,6)18-15/h8-11H,7H2,1-6H3/i1D3,2D3,7D2,8D,9D,10D,11D. The molecule has 3 nitrogen and oxygen atoms in total. The van der Waals surface area contributed by atoms with Crippen molar-refractivity contribution in [3.63, 3.8) is 0 Å². The molecule has 1 fully saturated rings. The lowest BCUT2D eigenvalue weighted by Gasteiger charge is -2.32. The molecule has 1 aliphatic rings. The molecular weight excluding hydrogens is 225 g/mol. The average molecular weight is 261 g/mol. The fourth-order valence-electron chi connectivity index (χ4n) is 1.53. The lowest BCUT2D eigenvalue weighted by Crippen LogP contribution is -2.41. The Morgan fingerprint density at radius 2 is 2.17 bits per heavy atom. The van der Waals surface area contributed by atoms with Gasteiger partial charge in [-0.15, -0.1) is 0 Å². The van der Waals surface area contributed by atoms with E-state index in [0.29, 0.717) is 0 Å². The van der Waals surface area contributed by atoms with Crippen LogP contribution in [-0.4, -0.2) is 22.9 Å². The topological polar surface area (TPSA) is 23.4 Å². The van der Waals surface area contributed by atoms with E-state index < -0.39 is 62.8 Å². The van der Waals surface area contributed by atoms with Crippen LogP contribution in [0, 0.1) is 0 Å². The van der Waals surface area contributed by atoms with Crippen molar-refractivity contribution in [3.8, 4) is 0 Å². The number of nitrogens with zero attached hydrogens (tertiary/aromatic N) is 1. The molecule has 0 aromatic carbocycles. The first-order valence-corrected chi connectivity index (χ1v) is 5.59. The predicted molar refractivity (Wildman–Crippen MR) is 75.2 cm³/mol. The molecule has 1 unspecified atom stereocenters. The first-order chi connectivity index (χ1) is 13.0. The SMILES string of the molecule is [2H]c1c(B2OC(C)(C)C(C)(C)O2)c([2H])n(C([2H])(C([2H])([2H])[2H])C([2H])([2H])C([2H])([2H])[2H])c1[2H]. The molecule has 4 heteroatoms. The fraction of sp³-hybridized carbons (Fsp3) is 0.714. The van der Waals surface area contributed by atoms with Gasteiger partial charge in [0.25, 0.3) is 0 Å². The van der Waals surface area contributed by atoms with Gasteiger partial charge in [-0.3, -0.25) is 0 Å². The highest BCUT2D eigenvalue weighted by atomic mass is 16.7. The van der Waals surface area contributed by atoms with Gasteiger partial charge in [0.05, 0.1) is 16.7 Å². The largest absolute Gasteiger partial charge is 0.496 e. The number of aromatic nitrogens is 1. The molecule has 0 aliphatic carbocycles. The molecule has 0 N–H and O–H groups in total. The maximum atomic E-state index is 8.45. The molecule has 1 aromatic heterocycles. The van der Waals surface area contributed by atoms with Crippen molar-refractivity contribution >= 4 is 12.6 Å². The minimum atomic E-state index is -3.70. The maximum absolute atomic E-state index is 8.45. The van der Waals surface area contributed by atoms with Gasteiger partial charge >= 0.3 is 7.12 Å². The minimum Gasteiger partial charge on any atom is -0.399 e. The van der Waals surface area contributed by atoms with Gasteiger partial charge in [0.1, 0.15) is 0 Å². The summed E-state index contributed by atoms with van der Waals surface area (Å²) in [5, 5.41) is 0. The number of rotatable bonds is 3. The average Bonchev–Trinajstić information content (AvgIpc) is 2.85. The van der Waals surface area contributed by atoms with Gasteiger partial charge in [-0.2, -0.15) is 0 Å². The van der Waals surface area contributed by atoms with E-state index in [0.717, 1.165) is 0 Å². The molecule has 2 heterocycles. The Bertz CT molecular complexity index is 827. The van der Waals surface area contributed by atoms with Crippen LogP contribution in [-0.2, 0) is 9.31 Å². The molecule has 1 atom stereocenters. The summed E-state index contributed by atoms with van der Waals surface area (Å²) < 4.78 is 106. The van der Waals surface area contributed by atoms with Crippen molar-refractivity contribution in [2.24, 2.45) is 0 Å². The van der Waals surface area contributed by atoms with Crippen molar-refractivity contribution in [2.75, 3.05) is 0 Å². The van der Waals surface area contributed by atoms with Crippen molar-refractivity contribution in [3.05, 3.63) is 18.4 Å². The Morgan fingerprint density at radius 3 is 2.72 bits per heavy atom. The smallest absolute Gasteiger partial charge is 0.399 e. The zero-order valence-electron chi connectivity index (χ0n) is 22.8. The Morgan fingerprint density at radius 1 is 1.50 bits per heavy atom. The lowest BCUT2D eigenvalue weighted by molar-refractivity contribution is 0.00578. The Labute approximate surface area is 127 Å². The lowest BCUT2D eigenvalue weighted by atomic mass is 9.81. The summed E-state index contributed by atoms with van der Waals surface area (Å²) >= 11 is 0. The van der Waals surface area contributed by atoms with Crippen molar-refractivity contribution < 1.29 is 25.8 Å². The molecule has 2 rings (SSSR count). The van der Waals surface area contributed by atoms with Gasteiger partial charge in [-0.1, -0.05) is 6.85 Å². The predicted octanol–water partition coefficient (Wildman–Crippen LogP) is 2.76. The third-order valence-electron chi connectivity index (χ3n) is 3.37. The second kappa shape index (κ2) is 4.43. The maximum Gasteiger partial charge on any atom is 0.496 e. The van der Waals surface area contributed by atoms with Gasteiger partial charge in [0.15, 0.2) is 0 Å². The fourth-order valence-corrected chi connectivity index (χ4v) is 1.53. The highest BCUT2D eigenvalue weighted by Crippen LogP contribution is 2.36. The van der Waals surface area contributed by atoms with Crippen LogP contribution in [0.25, 0.3) is 0 Å². The summed E-state index contributed by atoms with van der Waals surface area (Å²) in [6.07, 6.45) is -5.60. The molecule has 0 radical (unpaired) electrons. The van der Waals surface area contributed by atoms with E-state index in [1.807, 2.05) is 0 Å². The molecule has 100 valence electrons.